The van der Waals surface area contributed by atoms with Gasteiger partial charge in [0.15, 0.2) is 0 Å². The molecule has 0 aromatic heterocycles. The van der Waals surface area contributed by atoms with Gasteiger partial charge in [-0.25, -0.2) is 0 Å². The highest BCUT2D eigenvalue weighted by Gasteiger charge is 2.21. The molecule has 2 N–H and O–H groups in total. The monoisotopic (exact) mass is 352 g/mol. The summed E-state index contributed by atoms with van der Waals surface area (Å²) in [6.07, 6.45) is 17.5. The van der Waals surface area contributed by atoms with Gasteiger partial charge in [0.25, 0.3) is 0 Å². The number of carbonyl (C=O) groups excluding carboxylic acids is 2. The van der Waals surface area contributed by atoms with Gasteiger partial charge in [-0.2, -0.15) is 0 Å². The predicted molar refractivity (Wildman–Crippen MR) is 107 cm³/mol. The number of ketones is 1. The molecule has 3 heteroatoms. The van der Waals surface area contributed by atoms with Crippen molar-refractivity contribution in [2.75, 3.05) is 0 Å². The molecule has 1 amide bonds. The van der Waals surface area contributed by atoms with Crippen molar-refractivity contribution in [3.8, 4) is 0 Å². The molecule has 0 bridgehead atoms. The number of unbranched alkanes of at least 4 members (excludes halogenated alkanes) is 11. The number of nitrogens with two attached hydrogens (primary N) is 1. The van der Waals surface area contributed by atoms with Gasteiger partial charge in [-0.15, -0.1) is 0 Å². The summed E-state index contributed by atoms with van der Waals surface area (Å²) < 4.78 is 0. The Morgan fingerprint density at radius 3 is 1.52 bits per heavy atom. The molecule has 0 spiro atoms. The first-order valence-corrected chi connectivity index (χ1v) is 10.6. The van der Waals surface area contributed by atoms with Crippen LogP contribution in [0.4, 0.5) is 0 Å². The van der Waals surface area contributed by atoms with E-state index in [4.69, 9.17) is 5.73 Å². The molecule has 0 rings (SSSR count). The number of hydrogen-bond acceptors (Lipinski definition) is 2. The van der Waals surface area contributed by atoms with Crippen LogP contribution >= 0.6 is 0 Å². The highest BCUT2D eigenvalue weighted by atomic mass is 16.2. The molecule has 0 fully saturated rings. The molecular formula is C22H42NO2. The third kappa shape index (κ3) is 15.1. The summed E-state index contributed by atoms with van der Waals surface area (Å²) in [7, 11) is 0. The van der Waals surface area contributed by atoms with Crippen LogP contribution in [0.15, 0.2) is 0 Å². The number of Topliss-reactive ketones (excluding diaryl/α,β-unsaturated/α-hetero) is 1. The first-order chi connectivity index (χ1) is 12.0. The van der Waals surface area contributed by atoms with Crippen LogP contribution in [0.2, 0.25) is 0 Å². The van der Waals surface area contributed by atoms with E-state index < -0.39 is 11.8 Å². The van der Waals surface area contributed by atoms with Crippen molar-refractivity contribution in [3.63, 3.8) is 0 Å². The smallest absolute Gasteiger partial charge is 0.227 e. The van der Waals surface area contributed by atoms with Gasteiger partial charge in [0, 0.05) is 6.42 Å². The van der Waals surface area contributed by atoms with Crippen molar-refractivity contribution >= 4 is 11.7 Å². The Balaban J connectivity index is 3.29. The molecule has 25 heavy (non-hydrogen) atoms. The lowest BCUT2D eigenvalue weighted by Crippen LogP contribution is -2.29. The topological polar surface area (TPSA) is 60.2 Å². The van der Waals surface area contributed by atoms with Gasteiger partial charge in [-0.1, -0.05) is 97.8 Å². The van der Waals surface area contributed by atoms with Gasteiger partial charge in [0.1, 0.15) is 5.78 Å². The molecule has 0 aliphatic carbocycles. The lowest BCUT2D eigenvalue weighted by Gasteiger charge is -2.09. The van der Waals surface area contributed by atoms with E-state index in [1.807, 2.05) is 0 Å². The zero-order valence-corrected chi connectivity index (χ0v) is 16.9. The van der Waals surface area contributed by atoms with Crippen molar-refractivity contribution in [1.29, 1.82) is 0 Å². The molecule has 0 saturated carbocycles. The molecule has 0 aliphatic heterocycles. The van der Waals surface area contributed by atoms with Crippen molar-refractivity contribution in [2.45, 2.75) is 110 Å². The molecule has 147 valence electrons. The first kappa shape index (κ1) is 24.1. The summed E-state index contributed by atoms with van der Waals surface area (Å²) in [6.45, 7) is 8.24. The predicted octanol–water partition coefficient (Wildman–Crippen LogP) is 6.00. The van der Waals surface area contributed by atoms with Crippen molar-refractivity contribution < 1.29 is 9.59 Å². The van der Waals surface area contributed by atoms with Crippen LogP contribution in [0.25, 0.3) is 0 Å². The molecule has 0 aromatic carbocycles. The molecule has 3 nitrogen and oxygen atoms in total. The third-order valence-corrected chi connectivity index (χ3v) is 4.98. The molecule has 0 saturated heterocycles. The summed E-state index contributed by atoms with van der Waals surface area (Å²) >= 11 is 0. The molecule has 0 aromatic rings. The number of rotatable bonds is 18. The van der Waals surface area contributed by atoms with E-state index in [0.717, 1.165) is 18.8 Å². The summed E-state index contributed by atoms with van der Waals surface area (Å²) in [6, 6.07) is 0. The zero-order valence-electron chi connectivity index (χ0n) is 16.9. The van der Waals surface area contributed by atoms with E-state index >= 15 is 0 Å². The van der Waals surface area contributed by atoms with E-state index in [2.05, 4.69) is 20.8 Å². The van der Waals surface area contributed by atoms with Gasteiger partial charge in [-0.3, -0.25) is 9.59 Å². The SMILES string of the molecule is [CH2]CC(C(N)=O)C(=O)CCCCCCCCCCCCCCC(C)C. The van der Waals surface area contributed by atoms with Crippen molar-refractivity contribution in [1.82, 2.24) is 0 Å². The summed E-state index contributed by atoms with van der Waals surface area (Å²) in [5.41, 5.74) is 5.20. The van der Waals surface area contributed by atoms with E-state index in [0.29, 0.717) is 6.42 Å². The maximum Gasteiger partial charge on any atom is 0.227 e. The lowest BCUT2D eigenvalue weighted by molar-refractivity contribution is -0.132. The fraction of sp³-hybridized carbons (Fsp3) is 0.864. The number of primary amides is 1. The first-order valence-electron chi connectivity index (χ1n) is 10.6. The number of hydrogen-bond donors (Lipinski definition) is 1. The fourth-order valence-corrected chi connectivity index (χ4v) is 3.26. The molecule has 1 atom stereocenters. The molecule has 0 heterocycles. The second-order valence-electron chi connectivity index (χ2n) is 7.89. The Hall–Kier alpha value is -0.860. The average Bonchev–Trinajstić information content (AvgIpc) is 2.55. The van der Waals surface area contributed by atoms with Gasteiger partial charge >= 0.3 is 0 Å². The van der Waals surface area contributed by atoms with Gasteiger partial charge in [0.05, 0.1) is 5.92 Å². The average molecular weight is 353 g/mol. The van der Waals surface area contributed by atoms with Gasteiger partial charge < -0.3 is 5.73 Å². The zero-order chi connectivity index (χ0) is 18.9. The van der Waals surface area contributed by atoms with Crippen LogP contribution < -0.4 is 5.73 Å². The Morgan fingerprint density at radius 1 is 0.760 bits per heavy atom. The van der Waals surface area contributed by atoms with Gasteiger partial charge in [-0.05, 0) is 18.8 Å². The lowest BCUT2D eigenvalue weighted by atomic mass is 9.95. The fourth-order valence-electron chi connectivity index (χ4n) is 3.26. The van der Waals surface area contributed by atoms with Crippen LogP contribution in [-0.4, -0.2) is 11.7 Å². The Bertz CT molecular complexity index is 339. The van der Waals surface area contributed by atoms with Crippen LogP contribution in [0, 0.1) is 18.8 Å². The second-order valence-corrected chi connectivity index (χ2v) is 7.89. The van der Waals surface area contributed by atoms with Crippen molar-refractivity contribution in [3.05, 3.63) is 6.92 Å². The Labute approximate surface area is 156 Å². The summed E-state index contributed by atoms with van der Waals surface area (Å²) in [4.78, 5) is 22.9. The Kier molecular flexibility index (Phi) is 16.0. The molecule has 1 unspecified atom stereocenters. The molecular weight excluding hydrogens is 310 g/mol. The Morgan fingerprint density at radius 2 is 1.16 bits per heavy atom. The van der Waals surface area contributed by atoms with E-state index in [1.165, 1.54) is 70.6 Å². The number of amides is 1. The van der Waals surface area contributed by atoms with Crippen LogP contribution in [-0.2, 0) is 9.59 Å². The highest BCUT2D eigenvalue weighted by molar-refractivity contribution is 6.00. The van der Waals surface area contributed by atoms with Crippen LogP contribution in [0.3, 0.4) is 0 Å². The normalized spacial score (nSPS) is 12.5. The minimum absolute atomic E-state index is 0.0316. The standard InChI is InChI=1S/C22H42NO2/c1-4-20(22(23)25)21(24)18-16-14-12-10-8-6-5-7-9-11-13-15-17-19(2)3/h19-20H,1,4-18H2,2-3H3,(H2,23,25). The van der Waals surface area contributed by atoms with E-state index in [9.17, 15) is 9.59 Å². The van der Waals surface area contributed by atoms with Gasteiger partial charge in [0.2, 0.25) is 5.91 Å². The maximum absolute atomic E-state index is 11.8. The van der Waals surface area contributed by atoms with Crippen LogP contribution in [0.5, 0.6) is 0 Å². The summed E-state index contributed by atoms with van der Waals surface area (Å²) in [5, 5.41) is 0. The molecule has 0 aliphatic rings. The minimum Gasteiger partial charge on any atom is -0.369 e. The highest BCUT2D eigenvalue weighted by Crippen LogP contribution is 2.15. The van der Waals surface area contributed by atoms with E-state index in [1.54, 1.807) is 0 Å². The van der Waals surface area contributed by atoms with Crippen molar-refractivity contribution in [2.24, 2.45) is 17.6 Å². The second kappa shape index (κ2) is 16.6. The maximum atomic E-state index is 11.8. The van der Waals surface area contributed by atoms with Crippen LogP contribution in [0.1, 0.15) is 110 Å². The third-order valence-electron chi connectivity index (χ3n) is 4.98. The summed E-state index contributed by atoms with van der Waals surface area (Å²) in [5.74, 6) is -0.382. The molecule has 1 radical (unpaired) electrons. The number of carbonyl (C=O) groups is 2. The largest absolute Gasteiger partial charge is 0.369 e. The minimum atomic E-state index is -0.676. The quantitative estimate of drug-likeness (QED) is 0.243. The van der Waals surface area contributed by atoms with E-state index in [-0.39, 0.29) is 12.2 Å².